The molecular weight excluding hydrogens is 437 g/mol. The SMILES string of the molecule is O=C(C=C1CCN(S(=O)(=O)c2ccc(OC(F)(F)F)cc2)CC1)NCC1CCOCC1. The molecule has 7 nitrogen and oxygen atoms in total. The van der Waals surface area contributed by atoms with E-state index >= 15 is 0 Å². The highest BCUT2D eigenvalue weighted by Crippen LogP contribution is 2.27. The van der Waals surface area contributed by atoms with Crippen LogP contribution in [0.4, 0.5) is 13.2 Å². The average Bonchev–Trinajstić information content (AvgIpc) is 2.73. The number of hydrogen-bond donors (Lipinski definition) is 1. The Morgan fingerprint density at radius 1 is 1.16 bits per heavy atom. The van der Waals surface area contributed by atoms with Crippen LogP contribution in [0.15, 0.2) is 40.8 Å². The van der Waals surface area contributed by atoms with Gasteiger partial charge >= 0.3 is 6.36 Å². The van der Waals surface area contributed by atoms with E-state index in [9.17, 15) is 26.4 Å². The van der Waals surface area contributed by atoms with Crippen LogP contribution in [-0.2, 0) is 19.6 Å². The molecule has 2 aliphatic heterocycles. The third-order valence-corrected chi connectivity index (χ3v) is 7.21. The smallest absolute Gasteiger partial charge is 0.406 e. The van der Waals surface area contributed by atoms with Crippen LogP contribution in [0.25, 0.3) is 0 Å². The zero-order valence-electron chi connectivity index (χ0n) is 16.9. The number of hydrogen-bond acceptors (Lipinski definition) is 5. The number of nitrogens with zero attached hydrogens (tertiary/aromatic N) is 1. The third-order valence-electron chi connectivity index (χ3n) is 5.30. The molecule has 0 bridgehead atoms. The van der Waals surface area contributed by atoms with Crippen LogP contribution < -0.4 is 10.1 Å². The van der Waals surface area contributed by atoms with Gasteiger partial charge < -0.3 is 14.8 Å². The summed E-state index contributed by atoms with van der Waals surface area (Å²) in [4.78, 5) is 12.0. The van der Waals surface area contributed by atoms with Gasteiger partial charge in [-0.3, -0.25) is 4.79 Å². The van der Waals surface area contributed by atoms with Crippen molar-refractivity contribution >= 4 is 15.9 Å². The number of carbonyl (C=O) groups is 1. The summed E-state index contributed by atoms with van der Waals surface area (Å²) in [6, 6.07) is 4.12. The number of sulfonamides is 1. The first-order chi connectivity index (χ1) is 14.6. The van der Waals surface area contributed by atoms with E-state index in [1.807, 2.05) is 0 Å². The number of ether oxygens (including phenoxy) is 2. The Kier molecular flexibility index (Phi) is 7.60. The summed E-state index contributed by atoms with van der Waals surface area (Å²) in [5.41, 5.74) is 0.866. The van der Waals surface area contributed by atoms with Crippen molar-refractivity contribution in [3.63, 3.8) is 0 Å². The van der Waals surface area contributed by atoms with Crippen molar-refractivity contribution in [2.24, 2.45) is 5.92 Å². The molecule has 0 unspecified atom stereocenters. The number of carbonyl (C=O) groups excluding carboxylic acids is 1. The summed E-state index contributed by atoms with van der Waals surface area (Å²) in [6.07, 6.45) is -0.627. The molecule has 0 spiro atoms. The van der Waals surface area contributed by atoms with Gasteiger partial charge in [0.15, 0.2) is 0 Å². The fraction of sp³-hybridized carbons (Fsp3) is 0.550. The maximum absolute atomic E-state index is 12.7. The van der Waals surface area contributed by atoms with E-state index < -0.39 is 22.1 Å². The number of benzene rings is 1. The zero-order valence-corrected chi connectivity index (χ0v) is 17.7. The topological polar surface area (TPSA) is 84.9 Å². The molecule has 11 heteroatoms. The quantitative estimate of drug-likeness (QED) is 0.658. The molecule has 2 fully saturated rings. The van der Waals surface area contributed by atoms with Gasteiger partial charge in [0, 0.05) is 38.9 Å². The first-order valence-corrected chi connectivity index (χ1v) is 11.5. The van der Waals surface area contributed by atoms with E-state index in [1.165, 1.54) is 10.4 Å². The Bertz CT molecular complexity index is 884. The van der Waals surface area contributed by atoms with Gasteiger partial charge in [0.05, 0.1) is 4.90 Å². The summed E-state index contributed by atoms with van der Waals surface area (Å²) in [7, 11) is -3.84. The molecule has 172 valence electrons. The van der Waals surface area contributed by atoms with Crippen molar-refractivity contribution in [2.75, 3.05) is 32.8 Å². The zero-order chi connectivity index (χ0) is 22.5. The minimum absolute atomic E-state index is 0.108. The van der Waals surface area contributed by atoms with Crippen LogP contribution in [-0.4, -0.2) is 57.8 Å². The number of alkyl halides is 3. The lowest BCUT2D eigenvalue weighted by Crippen LogP contribution is -2.37. The van der Waals surface area contributed by atoms with Crippen molar-refractivity contribution < 1.29 is 35.9 Å². The molecule has 1 amide bonds. The van der Waals surface area contributed by atoms with Crippen molar-refractivity contribution in [1.29, 1.82) is 0 Å². The van der Waals surface area contributed by atoms with E-state index in [4.69, 9.17) is 4.74 Å². The highest BCUT2D eigenvalue weighted by molar-refractivity contribution is 7.89. The summed E-state index contributed by atoms with van der Waals surface area (Å²) < 4.78 is 72.6. The molecule has 2 heterocycles. The van der Waals surface area contributed by atoms with Crippen LogP contribution in [0.1, 0.15) is 25.7 Å². The van der Waals surface area contributed by atoms with Gasteiger partial charge in [-0.15, -0.1) is 13.2 Å². The van der Waals surface area contributed by atoms with E-state index in [2.05, 4.69) is 10.1 Å². The number of amides is 1. The van der Waals surface area contributed by atoms with E-state index in [0.29, 0.717) is 38.5 Å². The first kappa shape index (κ1) is 23.6. The minimum atomic E-state index is -4.84. The van der Waals surface area contributed by atoms with Crippen LogP contribution in [0, 0.1) is 5.92 Å². The van der Waals surface area contributed by atoms with E-state index in [0.717, 1.165) is 42.7 Å². The fourth-order valence-electron chi connectivity index (χ4n) is 3.55. The van der Waals surface area contributed by atoms with Gasteiger partial charge in [0.2, 0.25) is 15.9 Å². The predicted octanol–water partition coefficient (Wildman–Crippen LogP) is 2.84. The van der Waals surface area contributed by atoms with Crippen LogP contribution >= 0.6 is 0 Å². The molecule has 1 N–H and O–H groups in total. The van der Waals surface area contributed by atoms with Gasteiger partial charge in [0.1, 0.15) is 5.75 Å². The maximum Gasteiger partial charge on any atom is 0.573 e. The molecule has 0 saturated carbocycles. The Hall–Kier alpha value is -2.11. The molecule has 0 radical (unpaired) electrons. The second kappa shape index (κ2) is 10.0. The van der Waals surface area contributed by atoms with E-state index in [1.54, 1.807) is 0 Å². The number of halogens is 3. The molecule has 2 saturated heterocycles. The van der Waals surface area contributed by atoms with Gasteiger partial charge in [-0.25, -0.2) is 8.42 Å². The molecule has 2 aliphatic rings. The fourth-order valence-corrected chi connectivity index (χ4v) is 4.99. The molecular formula is C20H25F3N2O5S. The Morgan fingerprint density at radius 2 is 1.77 bits per heavy atom. The summed E-state index contributed by atoms with van der Waals surface area (Å²) in [5.74, 6) is -0.254. The summed E-state index contributed by atoms with van der Waals surface area (Å²) in [5, 5.41) is 2.89. The van der Waals surface area contributed by atoms with Gasteiger partial charge in [-0.1, -0.05) is 5.57 Å². The highest BCUT2D eigenvalue weighted by atomic mass is 32.2. The number of piperidine rings is 1. The highest BCUT2D eigenvalue weighted by Gasteiger charge is 2.32. The normalized spacial score (nSPS) is 19.1. The molecule has 0 atom stereocenters. The lowest BCUT2D eigenvalue weighted by molar-refractivity contribution is -0.274. The predicted molar refractivity (Wildman–Crippen MR) is 106 cm³/mol. The second-order valence-electron chi connectivity index (χ2n) is 7.53. The van der Waals surface area contributed by atoms with Crippen molar-refractivity contribution in [1.82, 2.24) is 9.62 Å². The van der Waals surface area contributed by atoms with Gasteiger partial charge in [-0.2, -0.15) is 4.31 Å². The summed E-state index contributed by atoms with van der Waals surface area (Å²) >= 11 is 0. The number of nitrogens with one attached hydrogen (secondary N) is 1. The Labute approximate surface area is 179 Å². The average molecular weight is 462 g/mol. The lowest BCUT2D eigenvalue weighted by Gasteiger charge is -2.27. The molecule has 0 aromatic heterocycles. The maximum atomic E-state index is 12.7. The van der Waals surface area contributed by atoms with Crippen LogP contribution in [0.5, 0.6) is 5.75 Å². The van der Waals surface area contributed by atoms with Gasteiger partial charge in [0.25, 0.3) is 0 Å². The van der Waals surface area contributed by atoms with Crippen molar-refractivity contribution in [3.05, 3.63) is 35.9 Å². The molecule has 0 aliphatic carbocycles. The van der Waals surface area contributed by atoms with E-state index in [-0.39, 0.29) is 23.9 Å². The largest absolute Gasteiger partial charge is 0.573 e. The molecule has 1 aromatic rings. The van der Waals surface area contributed by atoms with Gasteiger partial charge in [-0.05, 0) is 55.9 Å². The minimum Gasteiger partial charge on any atom is -0.406 e. The van der Waals surface area contributed by atoms with Crippen LogP contribution in [0.3, 0.4) is 0 Å². The second-order valence-corrected chi connectivity index (χ2v) is 9.46. The lowest BCUT2D eigenvalue weighted by atomic mass is 10.0. The number of rotatable bonds is 6. The molecule has 1 aromatic carbocycles. The Balaban J connectivity index is 1.51. The molecule has 3 rings (SSSR count). The Morgan fingerprint density at radius 3 is 2.35 bits per heavy atom. The summed E-state index contributed by atoms with van der Waals surface area (Å²) in [6.45, 7) is 2.42. The monoisotopic (exact) mass is 462 g/mol. The third kappa shape index (κ3) is 6.94. The van der Waals surface area contributed by atoms with Crippen molar-refractivity contribution in [3.8, 4) is 5.75 Å². The molecule has 31 heavy (non-hydrogen) atoms. The van der Waals surface area contributed by atoms with Crippen molar-refractivity contribution in [2.45, 2.75) is 36.9 Å². The first-order valence-electron chi connectivity index (χ1n) is 10.0. The standard InChI is InChI=1S/C20H25F3N2O5S/c21-20(22,23)30-17-1-3-18(4-2-17)31(27,28)25-9-5-15(6-10-25)13-19(26)24-14-16-7-11-29-12-8-16/h1-4,13,16H,5-12,14H2,(H,24,26). The van der Waals surface area contributed by atoms with Crippen LogP contribution in [0.2, 0.25) is 0 Å².